The van der Waals surface area contributed by atoms with Crippen LogP contribution in [0.25, 0.3) is 0 Å². The molecule has 11 heteroatoms. The van der Waals surface area contributed by atoms with Gasteiger partial charge in [-0.2, -0.15) is 0 Å². The van der Waals surface area contributed by atoms with Crippen LogP contribution in [-0.2, 0) is 32.6 Å². The number of hydrogen-bond donors (Lipinski definition) is 1. The third-order valence-electron chi connectivity index (χ3n) is 6.81. The minimum absolute atomic E-state index is 0.0848. The highest BCUT2D eigenvalue weighted by molar-refractivity contribution is 7.92. The number of nitrogens with zero attached hydrogens (tertiary/aromatic N) is 2. The molecule has 4 rings (SSSR count). The topological polar surface area (TPSA) is 86.8 Å². The SMILES string of the molecule is CC(C)(C)NC(=O)[C@H](Cc1ccccc1)N(Cc1ccc(F)cc1)C(=O)CN(c1cccc(Cl)c1)S(=O)(=O)c1ccc(Cl)cc1. The van der Waals surface area contributed by atoms with Crippen molar-refractivity contribution in [3.8, 4) is 0 Å². The van der Waals surface area contributed by atoms with Gasteiger partial charge in [0.25, 0.3) is 10.0 Å². The molecule has 0 spiro atoms. The normalized spacial score (nSPS) is 12.3. The summed E-state index contributed by atoms with van der Waals surface area (Å²) >= 11 is 12.3. The van der Waals surface area contributed by atoms with E-state index in [4.69, 9.17) is 23.2 Å². The molecule has 0 heterocycles. The number of rotatable bonds is 11. The van der Waals surface area contributed by atoms with Crippen molar-refractivity contribution in [2.24, 2.45) is 0 Å². The maximum Gasteiger partial charge on any atom is 0.264 e. The number of benzene rings is 4. The zero-order valence-electron chi connectivity index (χ0n) is 25.1. The molecular weight excluding hydrogens is 636 g/mol. The smallest absolute Gasteiger partial charge is 0.264 e. The van der Waals surface area contributed by atoms with Crippen LogP contribution in [0.3, 0.4) is 0 Å². The van der Waals surface area contributed by atoms with Crippen LogP contribution in [0.2, 0.25) is 10.0 Å². The van der Waals surface area contributed by atoms with Crippen LogP contribution in [0, 0.1) is 5.82 Å². The first kappa shape index (κ1) is 34.0. The summed E-state index contributed by atoms with van der Waals surface area (Å²) in [5.74, 6) is -1.53. The third kappa shape index (κ3) is 9.29. The fourth-order valence-electron chi connectivity index (χ4n) is 4.69. The Bertz CT molecular complexity index is 1730. The molecule has 0 aromatic heterocycles. The Morgan fingerprint density at radius 3 is 2.07 bits per heavy atom. The molecule has 0 saturated heterocycles. The van der Waals surface area contributed by atoms with Gasteiger partial charge in [-0.1, -0.05) is 71.7 Å². The fourth-order valence-corrected chi connectivity index (χ4v) is 6.40. The fraction of sp³-hybridized carbons (Fsp3) is 0.235. The number of sulfonamides is 1. The molecule has 0 saturated carbocycles. The van der Waals surface area contributed by atoms with E-state index in [1.807, 2.05) is 51.1 Å². The molecule has 2 amide bonds. The van der Waals surface area contributed by atoms with E-state index in [0.29, 0.717) is 10.6 Å². The van der Waals surface area contributed by atoms with E-state index < -0.39 is 45.8 Å². The van der Waals surface area contributed by atoms with Crippen LogP contribution in [0.1, 0.15) is 31.9 Å². The molecule has 0 aliphatic rings. The Kier molecular flexibility index (Phi) is 10.9. The lowest BCUT2D eigenvalue weighted by Gasteiger charge is -2.35. The van der Waals surface area contributed by atoms with Crippen molar-refractivity contribution in [3.05, 3.63) is 130 Å². The van der Waals surface area contributed by atoms with E-state index in [1.54, 1.807) is 12.1 Å². The molecule has 0 aliphatic carbocycles. The molecular formula is C34H34Cl2FN3O4S. The van der Waals surface area contributed by atoms with Crippen molar-refractivity contribution in [1.29, 1.82) is 0 Å². The van der Waals surface area contributed by atoms with Crippen LogP contribution in [0.15, 0.2) is 108 Å². The van der Waals surface area contributed by atoms with Crippen molar-refractivity contribution in [2.75, 3.05) is 10.8 Å². The summed E-state index contributed by atoms with van der Waals surface area (Å²) in [7, 11) is -4.31. The van der Waals surface area contributed by atoms with Crippen molar-refractivity contribution in [2.45, 2.75) is 50.2 Å². The van der Waals surface area contributed by atoms with E-state index in [-0.39, 0.29) is 28.6 Å². The van der Waals surface area contributed by atoms with Crippen LogP contribution in [0.4, 0.5) is 10.1 Å². The standard InChI is InChI=1S/C34H34Cl2FN3O4S/c1-34(2,3)38-33(42)31(20-24-8-5-4-6-9-24)39(22-25-12-16-28(37)17-13-25)32(41)23-40(29-11-7-10-27(36)21-29)45(43,44)30-18-14-26(35)15-19-30/h4-19,21,31H,20,22-23H2,1-3H3,(H,38,42)/t31-/m0/s1. The molecule has 7 nitrogen and oxygen atoms in total. The molecule has 4 aromatic carbocycles. The zero-order valence-corrected chi connectivity index (χ0v) is 27.4. The Balaban J connectivity index is 1.81. The predicted molar refractivity (Wildman–Crippen MR) is 176 cm³/mol. The van der Waals surface area contributed by atoms with E-state index in [9.17, 15) is 22.4 Å². The van der Waals surface area contributed by atoms with Crippen molar-refractivity contribution >= 4 is 50.7 Å². The molecule has 45 heavy (non-hydrogen) atoms. The van der Waals surface area contributed by atoms with E-state index in [1.165, 1.54) is 65.6 Å². The van der Waals surface area contributed by atoms with Gasteiger partial charge in [-0.15, -0.1) is 0 Å². The van der Waals surface area contributed by atoms with Crippen molar-refractivity contribution in [3.63, 3.8) is 0 Å². The summed E-state index contributed by atoms with van der Waals surface area (Å²) < 4.78 is 42.9. The molecule has 1 N–H and O–H groups in total. The van der Waals surface area contributed by atoms with Gasteiger partial charge < -0.3 is 10.2 Å². The third-order valence-corrected chi connectivity index (χ3v) is 9.09. The summed E-state index contributed by atoms with van der Waals surface area (Å²) in [6.45, 7) is 4.75. The highest BCUT2D eigenvalue weighted by atomic mass is 35.5. The minimum atomic E-state index is -4.31. The van der Waals surface area contributed by atoms with E-state index in [2.05, 4.69) is 5.32 Å². The summed E-state index contributed by atoms with van der Waals surface area (Å²) in [4.78, 5) is 29.6. The average Bonchev–Trinajstić information content (AvgIpc) is 2.98. The Morgan fingerprint density at radius 2 is 1.47 bits per heavy atom. The second kappa shape index (κ2) is 14.5. The number of halogens is 3. The average molecular weight is 671 g/mol. The molecule has 4 aromatic rings. The van der Waals surface area contributed by atoms with Crippen LogP contribution in [0.5, 0.6) is 0 Å². The van der Waals surface area contributed by atoms with E-state index in [0.717, 1.165) is 9.87 Å². The Morgan fingerprint density at radius 1 is 0.822 bits per heavy atom. The Labute approximate surface area is 273 Å². The molecule has 1 atom stereocenters. The first-order valence-electron chi connectivity index (χ1n) is 14.2. The number of hydrogen-bond acceptors (Lipinski definition) is 4. The zero-order chi connectivity index (χ0) is 32.8. The highest BCUT2D eigenvalue weighted by Gasteiger charge is 2.35. The summed E-state index contributed by atoms with van der Waals surface area (Å²) in [5.41, 5.74) is 0.887. The van der Waals surface area contributed by atoms with Crippen molar-refractivity contribution in [1.82, 2.24) is 10.2 Å². The number of nitrogens with one attached hydrogen (secondary N) is 1. The van der Waals surface area contributed by atoms with Gasteiger partial charge in [0.2, 0.25) is 11.8 Å². The first-order chi connectivity index (χ1) is 21.2. The van der Waals surface area contributed by atoms with Gasteiger partial charge in [0.05, 0.1) is 10.6 Å². The second-order valence-corrected chi connectivity index (χ2v) is 14.3. The number of carbonyl (C=O) groups excluding carboxylic acids is 2. The van der Waals surface area contributed by atoms with E-state index >= 15 is 0 Å². The minimum Gasteiger partial charge on any atom is -0.350 e. The predicted octanol–water partition coefficient (Wildman–Crippen LogP) is 6.88. The maximum atomic E-state index is 14.4. The van der Waals surface area contributed by atoms with Gasteiger partial charge in [-0.25, -0.2) is 12.8 Å². The summed E-state index contributed by atoms with van der Waals surface area (Å²) in [6, 6.07) is 25.5. The van der Waals surface area contributed by atoms with Crippen LogP contribution >= 0.6 is 23.2 Å². The molecule has 236 valence electrons. The lowest BCUT2D eigenvalue weighted by molar-refractivity contribution is -0.140. The highest BCUT2D eigenvalue weighted by Crippen LogP contribution is 2.28. The Hall–Kier alpha value is -3.92. The largest absolute Gasteiger partial charge is 0.350 e. The molecule has 0 aliphatic heterocycles. The van der Waals surface area contributed by atoms with Crippen LogP contribution < -0.4 is 9.62 Å². The lowest BCUT2D eigenvalue weighted by Crippen LogP contribution is -2.56. The molecule has 0 radical (unpaired) electrons. The van der Waals surface area contributed by atoms with Gasteiger partial charge in [0, 0.05) is 28.5 Å². The summed E-state index contributed by atoms with van der Waals surface area (Å²) in [5, 5.41) is 3.58. The number of anilines is 1. The van der Waals surface area contributed by atoms with Crippen molar-refractivity contribution < 1.29 is 22.4 Å². The maximum absolute atomic E-state index is 14.4. The molecule has 0 unspecified atom stereocenters. The lowest BCUT2D eigenvalue weighted by atomic mass is 10.0. The monoisotopic (exact) mass is 669 g/mol. The second-order valence-electron chi connectivity index (χ2n) is 11.5. The first-order valence-corrected chi connectivity index (χ1v) is 16.4. The number of carbonyl (C=O) groups is 2. The van der Waals surface area contributed by atoms with Gasteiger partial charge >= 0.3 is 0 Å². The van der Waals surface area contributed by atoms with Gasteiger partial charge in [-0.3, -0.25) is 13.9 Å². The van der Waals surface area contributed by atoms with Gasteiger partial charge in [-0.05, 0) is 86.5 Å². The quantitative estimate of drug-likeness (QED) is 0.189. The summed E-state index contributed by atoms with van der Waals surface area (Å²) in [6.07, 6.45) is 0.150. The molecule has 0 fully saturated rings. The molecule has 0 bridgehead atoms. The van der Waals surface area contributed by atoms with Crippen LogP contribution in [-0.4, -0.2) is 43.3 Å². The van der Waals surface area contributed by atoms with Gasteiger partial charge in [0.15, 0.2) is 0 Å². The number of amides is 2. The van der Waals surface area contributed by atoms with Gasteiger partial charge in [0.1, 0.15) is 18.4 Å².